The topological polar surface area (TPSA) is 48.5 Å². The molecule has 1 aliphatic heterocycles. The maximum Gasteiger partial charge on any atom is 0.251 e. The Labute approximate surface area is 170 Å². The van der Waals surface area contributed by atoms with Crippen LogP contribution in [0.5, 0.6) is 0 Å². The van der Waals surface area contributed by atoms with Gasteiger partial charge in [0.15, 0.2) is 5.13 Å². The maximum atomic E-state index is 12.2. The molecule has 5 nitrogen and oxygen atoms in total. The number of nitrogens with one attached hydrogen (secondary N) is 1. The summed E-state index contributed by atoms with van der Waals surface area (Å²) in [6.45, 7) is 9.62. The van der Waals surface area contributed by atoms with Crippen molar-refractivity contribution in [2.24, 2.45) is 0 Å². The molecule has 2 aromatic carbocycles. The average Bonchev–Trinajstić information content (AvgIpc) is 3.14. The fourth-order valence-electron chi connectivity index (χ4n) is 3.59. The van der Waals surface area contributed by atoms with Crippen molar-refractivity contribution in [3.63, 3.8) is 0 Å². The minimum atomic E-state index is 0.00665. The summed E-state index contributed by atoms with van der Waals surface area (Å²) in [6, 6.07) is 14.1. The van der Waals surface area contributed by atoms with Gasteiger partial charge in [-0.1, -0.05) is 41.2 Å². The summed E-state index contributed by atoms with van der Waals surface area (Å²) in [5.74, 6) is 0.00665. The lowest BCUT2D eigenvalue weighted by molar-refractivity contribution is 0.0947. The molecule has 0 radical (unpaired) electrons. The molecule has 1 aromatic heterocycles. The Morgan fingerprint density at radius 2 is 1.89 bits per heavy atom. The molecule has 0 bridgehead atoms. The molecule has 28 heavy (non-hydrogen) atoms. The van der Waals surface area contributed by atoms with Crippen LogP contribution in [0.4, 0.5) is 5.13 Å². The van der Waals surface area contributed by atoms with Crippen molar-refractivity contribution < 1.29 is 4.79 Å². The zero-order valence-corrected chi connectivity index (χ0v) is 17.3. The van der Waals surface area contributed by atoms with Crippen LogP contribution in [-0.2, 0) is 0 Å². The second-order valence-electron chi connectivity index (χ2n) is 7.37. The quantitative estimate of drug-likeness (QED) is 0.720. The summed E-state index contributed by atoms with van der Waals surface area (Å²) in [7, 11) is 0. The number of fused-ring (bicyclic) bond motifs is 1. The Kier molecular flexibility index (Phi) is 5.59. The highest BCUT2D eigenvalue weighted by atomic mass is 32.1. The number of aryl methyl sites for hydroxylation is 2. The van der Waals surface area contributed by atoms with Gasteiger partial charge in [0.25, 0.3) is 5.91 Å². The second-order valence-corrected chi connectivity index (χ2v) is 8.38. The third-order valence-corrected chi connectivity index (χ3v) is 6.33. The molecule has 0 spiro atoms. The van der Waals surface area contributed by atoms with E-state index in [-0.39, 0.29) is 5.91 Å². The van der Waals surface area contributed by atoms with Crippen LogP contribution in [0.3, 0.4) is 0 Å². The standard InChI is InChI=1S/C22H26N4OS/c1-16-5-3-7-18(15-16)21(27)23-9-10-25-11-13-26(14-12-25)22-24-20-17(2)6-4-8-19(20)28-22/h3-8,15H,9-14H2,1-2H3,(H,23,27). The average molecular weight is 395 g/mol. The number of hydrogen-bond donors (Lipinski definition) is 1. The normalized spacial score (nSPS) is 15.1. The summed E-state index contributed by atoms with van der Waals surface area (Å²) in [6.07, 6.45) is 0. The molecule has 146 valence electrons. The summed E-state index contributed by atoms with van der Waals surface area (Å²) < 4.78 is 1.26. The van der Waals surface area contributed by atoms with Crippen LogP contribution >= 0.6 is 11.3 Å². The van der Waals surface area contributed by atoms with Crippen molar-refractivity contribution in [3.05, 3.63) is 59.2 Å². The van der Waals surface area contributed by atoms with E-state index >= 15 is 0 Å². The van der Waals surface area contributed by atoms with E-state index in [9.17, 15) is 4.79 Å². The number of benzene rings is 2. The van der Waals surface area contributed by atoms with Crippen LogP contribution in [0.2, 0.25) is 0 Å². The van der Waals surface area contributed by atoms with Crippen LogP contribution in [0.1, 0.15) is 21.5 Å². The number of aromatic nitrogens is 1. The third kappa shape index (κ3) is 4.18. The molecule has 4 rings (SSSR count). The Hall–Kier alpha value is -2.44. The summed E-state index contributed by atoms with van der Waals surface area (Å²) >= 11 is 1.78. The summed E-state index contributed by atoms with van der Waals surface area (Å²) in [5, 5.41) is 4.16. The molecule has 2 heterocycles. The molecule has 0 saturated carbocycles. The van der Waals surface area contributed by atoms with Crippen LogP contribution < -0.4 is 10.2 Å². The van der Waals surface area contributed by atoms with Gasteiger partial charge in [0.1, 0.15) is 0 Å². The Bertz CT molecular complexity index is 976. The minimum Gasteiger partial charge on any atom is -0.351 e. The first-order valence-electron chi connectivity index (χ1n) is 9.78. The van der Waals surface area contributed by atoms with Gasteiger partial charge in [-0.25, -0.2) is 4.98 Å². The molecule has 1 fully saturated rings. The van der Waals surface area contributed by atoms with Gasteiger partial charge in [0, 0.05) is 44.8 Å². The largest absolute Gasteiger partial charge is 0.351 e. The van der Waals surface area contributed by atoms with Crippen LogP contribution in [0.15, 0.2) is 42.5 Å². The van der Waals surface area contributed by atoms with Crippen LogP contribution in [0.25, 0.3) is 10.2 Å². The number of piperazine rings is 1. The number of anilines is 1. The fourth-order valence-corrected chi connectivity index (χ4v) is 4.68. The predicted molar refractivity (Wildman–Crippen MR) is 117 cm³/mol. The molecular weight excluding hydrogens is 368 g/mol. The number of rotatable bonds is 5. The highest BCUT2D eigenvalue weighted by Gasteiger charge is 2.20. The Balaban J connectivity index is 1.26. The van der Waals surface area contributed by atoms with Crippen molar-refractivity contribution >= 4 is 32.6 Å². The molecule has 1 saturated heterocycles. The number of hydrogen-bond acceptors (Lipinski definition) is 5. The lowest BCUT2D eigenvalue weighted by Gasteiger charge is -2.34. The first-order valence-corrected chi connectivity index (χ1v) is 10.6. The Morgan fingerprint density at radius 3 is 2.64 bits per heavy atom. The van der Waals surface area contributed by atoms with E-state index in [1.54, 1.807) is 11.3 Å². The van der Waals surface area contributed by atoms with Gasteiger partial charge in [0.05, 0.1) is 10.2 Å². The van der Waals surface area contributed by atoms with E-state index in [0.717, 1.165) is 54.5 Å². The van der Waals surface area contributed by atoms with Crippen molar-refractivity contribution in [3.8, 4) is 0 Å². The smallest absolute Gasteiger partial charge is 0.251 e. The number of amides is 1. The van der Waals surface area contributed by atoms with E-state index in [1.807, 2.05) is 31.2 Å². The monoisotopic (exact) mass is 394 g/mol. The first kappa shape index (κ1) is 18.9. The predicted octanol–water partition coefficient (Wildman–Crippen LogP) is 3.47. The summed E-state index contributed by atoms with van der Waals surface area (Å²) in [5.41, 5.74) is 4.21. The molecule has 1 amide bonds. The molecule has 0 atom stereocenters. The zero-order valence-electron chi connectivity index (χ0n) is 16.4. The van der Waals surface area contributed by atoms with Gasteiger partial charge in [-0.2, -0.15) is 0 Å². The third-order valence-electron chi connectivity index (χ3n) is 5.25. The van der Waals surface area contributed by atoms with E-state index in [4.69, 9.17) is 4.98 Å². The number of nitrogens with zero attached hydrogens (tertiary/aromatic N) is 3. The van der Waals surface area contributed by atoms with Crippen molar-refractivity contribution in [2.75, 3.05) is 44.2 Å². The van der Waals surface area contributed by atoms with Crippen molar-refractivity contribution in [2.45, 2.75) is 13.8 Å². The van der Waals surface area contributed by atoms with Crippen LogP contribution in [0, 0.1) is 13.8 Å². The molecule has 3 aromatic rings. The fraction of sp³-hybridized carbons (Fsp3) is 0.364. The highest BCUT2D eigenvalue weighted by Crippen LogP contribution is 2.30. The number of carbonyl (C=O) groups excluding carboxylic acids is 1. The highest BCUT2D eigenvalue weighted by molar-refractivity contribution is 7.22. The van der Waals surface area contributed by atoms with Gasteiger partial charge in [-0.3, -0.25) is 9.69 Å². The van der Waals surface area contributed by atoms with E-state index in [0.29, 0.717) is 6.54 Å². The van der Waals surface area contributed by atoms with Gasteiger partial charge < -0.3 is 10.2 Å². The molecule has 6 heteroatoms. The van der Waals surface area contributed by atoms with Gasteiger partial charge in [-0.15, -0.1) is 0 Å². The van der Waals surface area contributed by atoms with E-state index < -0.39 is 0 Å². The van der Waals surface area contributed by atoms with E-state index in [2.05, 4.69) is 40.2 Å². The number of carbonyl (C=O) groups is 1. The Morgan fingerprint density at radius 1 is 1.11 bits per heavy atom. The number of para-hydroxylation sites is 1. The molecule has 1 N–H and O–H groups in total. The SMILES string of the molecule is Cc1cccc(C(=O)NCCN2CCN(c3nc4c(C)cccc4s3)CC2)c1. The number of thiazole rings is 1. The second kappa shape index (κ2) is 8.29. The van der Waals surface area contributed by atoms with Crippen molar-refractivity contribution in [1.29, 1.82) is 0 Å². The molecule has 0 aliphatic carbocycles. The van der Waals surface area contributed by atoms with Gasteiger partial charge in [0.2, 0.25) is 0 Å². The first-order chi connectivity index (χ1) is 13.6. The molecular formula is C22H26N4OS. The zero-order chi connectivity index (χ0) is 19.5. The van der Waals surface area contributed by atoms with E-state index in [1.165, 1.54) is 10.3 Å². The van der Waals surface area contributed by atoms with Gasteiger partial charge in [-0.05, 0) is 37.6 Å². The maximum absolute atomic E-state index is 12.2. The lowest BCUT2D eigenvalue weighted by Crippen LogP contribution is -2.48. The summed E-state index contributed by atoms with van der Waals surface area (Å²) in [4.78, 5) is 21.9. The molecule has 0 unspecified atom stereocenters. The lowest BCUT2D eigenvalue weighted by atomic mass is 10.1. The van der Waals surface area contributed by atoms with Gasteiger partial charge >= 0.3 is 0 Å². The van der Waals surface area contributed by atoms with Crippen LogP contribution in [-0.4, -0.2) is 55.1 Å². The molecule has 1 aliphatic rings. The van der Waals surface area contributed by atoms with Crippen molar-refractivity contribution in [1.82, 2.24) is 15.2 Å². The minimum absolute atomic E-state index is 0.00665.